The Hall–Kier alpha value is -2.93. The summed E-state index contributed by atoms with van der Waals surface area (Å²) in [5, 5.41) is 12.3. The molecule has 2 atom stereocenters. The molecule has 2 aromatic rings. The summed E-state index contributed by atoms with van der Waals surface area (Å²) in [5.74, 6) is -0.112. The van der Waals surface area contributed by atoms with Gasteiger partial charge in [-0.2, -0.15) is 0 Å². The van der Waals surface area contributed by atoms with Crippen molar-refractivity contribution in [2.45, 2.75) is 32.4 Å². The van der Waals surface area contributed by atoms with Crippen LogP contribution >= 0.6 is 0 Å². The Labute approximate surface area is 170 Å². The van der Waals surface area contributed by atoms with Crippen molar-refractivity contribution < 1.29 is 19.4 Å². The van der Waals surface area contributed by atoms with E-state index in [1.54, 1.807) is 13.2 Å². The first-order valence-corrected chi connectivity index (χ1v) is 9.83. The van der Waals surface area contributed by atoms with E-state index < -0.39 is 5.97 Å². The highest BCUT2D eigenvalue weighted by molar-refractivity contribution is 5.87. The molecule has 7 heteroatoms. The first-order valence-electron chi connectivity index (χ1n) is 9.83. The summed E-state index contributed by atoms with van der Waals surface area (Å²) >= 11 is 0. The molecule has 1 aromatic heterocycles. The first-order chi connectivity index (χ1) is 14.0. The molecule has 0 bridgehead atoms. The Morgan fingerprint density at radius 2 is 2.10 bits per heavy atom. The van der Waals surface area contributed by atoms with Gasteiger partial charge in [-0.1, -0.05) is 12.1 Å². The van der Waals surface area contributed by atoms with Crippen LogP contribution < -0.4 is 10.1 Å². The quantitative estimate of drug-likeness (QED) is 0.712. The van der Waals surface area contributed by atoms with Crippen molar-refractivity contribution >= 4 is 11.9 Å². The van der Waals surface area contributed by atoms with Gasteiger partial charge in [0.15, 0.2) is 0 Å². The molecule has 1 unspecified atom stereocenters. The molecule has 29 heavy (non-hydrogen) atoms. The minimum absolute atomic E-state index is 0.00474. The number of nitrogens with zero attached hydrogens (tertiary/aromatic N) is 2. The van der Waals surface area contributed by atoms with Crippen molar-refractivity contribution in [2.24, 2.45) is 5.92 Å². The number of carbonyl (C=O) groups is 2. The second-order valence-electron chi connectivity index (χ2n) is 7.29. The van der Waals surface area contributed by atoms with Crippen molar-refractivity contribution in [3.8, 4) is 5.75 Å². The number of aromatic carboxylic acids is 1. The summed E-state index contributed by atoms with van der Waals surface area (Å²) in [4.78, 5) is 30.2. The molecule has 7 nitrogen and oxygen atoms in total. The van der Waals surface area contributed by atoms with Gasteiger partial charge in [-0.25, -0.2) is 4.79 Å². The lowest BCUT2D eigenvalue weighted by Gasteiger charge is -2.37. The molecule has 1 aliphatic rings. The van der Waals surface area contributed by atoms with E-state index in [-0.39, 0.29) is 23.4 Å². The Morgan fingerprint density at radius 1 is 1.34 bits per heavy atom. The third-order valence-electron chi connectivity index (χ3n) is 5.41. The van der Waals surface area contributed by atoms with Crippen molar-refractivity contribution in [2.75, 3.05) is 20.2 Å². The standard InChI is InChI=1S/C22H27N3O4/c1-15(16-5-7-20(29-2)8-6-16)25-11-3-4-18(21(25)26)13-23-14-19-12-17(22(27)28)9-10-24-19/h5-10,12,15,18,23H,3-4,11,13-14H2,1-2H3,(H,27,28)/t15?,18-/m0/s1. The van der Waals surface area contributed by atoms with Gasteiger partial charge in [-0.05, 0) is 49.6 Å². The normalized spacial score (nSPS) is 17.8. The van der Waals surface area contributed by atoms with Crippen LogP contribution in [0.2, 0.25) is 0 Å². The Balaban J connectivity index is 1.57. The number of carboxylic acids is 1. The number of rotatable bonds is 8. The van der Waals surface area contributed by atoms with Crippen LogP contribution in [0.1, 0.15) is 47.4 Å². The molecule has 2 N–H and O–H groups in total. The van der Waals surface area contributed by atoms with Crippen LogP contribution in [0.25, 0.3) is 0 Å². The summed E-state index contributed by atoms with van der Waals surface area (Å²) in [5.41, 5.74) is 1.95. The molecule has 1 fully saturated rings. The van der Waals surface area contributed by atoms with Crippen LogP contribution in [0.4, 0.5) is 0 Å². The second kappa shape index (κ2) is 9.52. The fourth-order valence-electron chi connectivity index (χ4n) is 3.69. The number of amides is 1. The van der Waals surface area contributed by atoms with Gasteiger partial charge in [0.25, 0.3) is 0 Å². The molecule has 1 aromatic carbocycles. The predicted molar refractivity (Wildman–Crippen MR) is 109 cm³/mol. The third kappa shape index (κ3) is 5.12. The minimum atomic E-state index is -0.973. The van der Waals surface area contributed by atoms with Gasteiger partial charge in [0.2, 0.25) is 5.91 Å². The fraction of sp³-hybridized carbons (Fsp3) is 0.409. The second-order valence-corrected chi connectivity index (χ2v) is 7.29. The predicted octanol–water partition coefficient (Wildman–Crippen LogP) is 2.88. The number of hydrogen-bond donors (Lipinski definition) is 2. The number of piperidine rings is 1. The number of pyridine rings is 1. The maximum absolute atomic E-state index is 13.0. The zero-order valence-corrected chi connectivity index (χ0v) is 16.8. The molecular formula is C22H27N3O4. The van der Waals surface area contributed by atoms with Gasteiger partial charge in [0, 0.05) is 25.8 Å². The molecule has 0 radical (unpaired) electrons. The van der Waals surface area contributed by atoms with Crippen LogP contribution in [0.15, 0.2) is 42.6 Å². The minimum Gasteiger partial charge on any atom is -0.497 e. The number of likely N-dealkylation sites (tertiary alicyclic amines) is 1. The Bertz CT molecular complexity index is 853. The van der Waals surface area contributed by atoms with Crippen LogP contribution in [-0.4, -0.2) is 47.1 Å². The van der Waals surface area contributed by atoms with Crippen LogP contribution in [0.5, 0.6) is 5.75 Å². The molecule has 1 saturated heterocycles. The maximum Gasteiger partial charge on any atom is 0.335 e. The van der Waals surface area contributed by atoms with Gasteiger partial charge < -0.3 is 20.1 Å². The van der Waals surface area contributed by atoms with Crippen LogP contribution in [0.3, 0.4) is 0 Å². The third-order valence-corrected chi connectivity index (χ3v) is 5.41. The lowest BCUT2D eigenvalue weighted by atomic mass is 9.94. The average Bonchev–Trinajstić information content (AvgIpc) is 2.75. The van der Waals surface area contributed by atoms with Gasteiger partial charge in [-0.15, -0.1) is 0 Å². The number of carboxylic acid groups (broad SMARTS) is 1. The smallest absolute Gasteiger partial charge is 0.335 e. The van der Waals surface area contributed by atoms with E-state index >= 15 is 0 Å². The van der Waals surface area contributed by atoms with Gasteiger partial charge >= 0.3 is 5.97 Å². The Morgan fingerprint density at radius 3 is 2.79 bits per heavy atom. The fourth-order valence-corrected chi connectivity index (χ4v) is 3.69. The topological polar surface area (TPSA) is 91.8 Å². The molecule has 1 aliphatic heterocycles. The summed E-state index contributed by atoms with van der Waals surface area (Å²) in [6.07, 6.45) is 3.30. The zero-order valence-electron chi connectivity index (χ0n) is 16.8. The maximum atomic E-state index is 13.0. The largest absolute Gasteiger partial charge is 0.497 e. The monoisotopic (exact) mass is 397 g/mol. The Kier molecular flexibility index (Phi) is 6.82. The van der Waals surface area contributed by atoms with Crippen molar-refractivity contribution in [3.63, 3.8) is 0 Å². The van der Waals surface area contributed by atoms with Crippen molar-refractivity contribution in [1.29, 1.82) is 0 Å². The number of nitrogens with one attached hydrogen (secondary N) is 1. The molecule has 1 amide bonds. The SMILES string of the molecule is COc1ccc(C(C)N2CCC[C@@H](CNCc3cc(C(=O)O)ccn3)C2=O)cc1. The highest BCUT2D eigenvalue weighted by Gasteiger charge is 2.31. The van der Waals surface area contributed by atoms with Crippen LogP contribution in [-0.2, 0) is 11.3 Å². The molecule has 2 heterocycles. The van der Waals surface area contributed by atoms with E-state index in [1.807, 2.05) is 29.2 Å². The summed E-state index contributed by atoms with van der Waals surface area (Å²) in [6.45, 7) is 3.78. The van der Waals surface area contributed by atoms with E-state index in [4.69, 9.17) is 9.84 Å². The number of ether oxygens (including phenoxy) is 1. The lowest BCUT2D eigenvalue weighted by molar-refractivity contribution is -0.140. The van der Waals surface area contributed by atoms with Crippen molar-refractivity contribution in [3.05, 3.63) is 59.4 Å². The highest BCUT2D eigenvalue weighted by atomic mass is 16.5. The molecule has 0 saturated carbocycles. The van der Waals surface area contributed by atoms with E-state index in [2.05, 4.69) is 17.2 Å². The van der Waals surface area contributed by atoms with Gasteiger partial charge in [0.1, 0.15) is 5.75 Å². The molecular weight excluding hydrogens is 370 g/mol. The number of methoxy groups -OCH3 is 1. The van der Waals surface area contributed by atoms with Crippen LogP contribution in [0, 0.1) is 5.92 Å². The molecule has 154 valence electrons. The number of carbonyl (C=O) groups excluding carboxylic acids is 1. The van der Waals surface area contributed by atoms with Gasteiger partial charge in [-0.3, -0.25) is 9.78 Å². The first kappa shape index (κ1) is 20.8. The molecule has 0 aliphatic carbocycles. The molecule has 3 rings (SSSR count). The number of benzene rings is 1. The molecule has 0 spiro atoms. The average molecular weight is 397 g/mol. The van der Waals surface area contributed by atoms with Gasteiger partial charge in [0.05, 0.1) is 30.3 Å². The van der Waals surface area contributed by atoms with E-state index in [0.717, 1.165) is 30.7 Å². The zero-order chi connectivity index (χ0) is 20.8. The van der Waals surface area contributed by atoms with Crippen molar-refractivity contribution in [1.82, 2.24) is 15.2 Å². The number of hydrogen-bond acceptors (Lipinski definition) is 5. The van der Waals surface area contributed by atoms with E-state index in [0.29, 0.717) is 18.8 Å². The van der Waals surface area contributed by atoms with E-state index in [9.17, 15) is 9.59 Å². The summed E-state index contributed by atoms with van der Waals surface area (Å²) < 4.78 is 5.21. The lowest BCUT2D eigenvalue weighted by Crippen LogP contribution is -2.45. The summed E-state index contributed by atoms with van der Waals surface area (Å²) in [6, 6.07) is 10.9. The summed E-state index contributed by atoms with van der Waals surface area (Å²) in [7, 11) is 1.64. The number of aromatic nitrogens is 1. The van der Waals surface area contributed by atoms with E-state index in [1.165, 1.54) is 12.3 Å². The highest BCUT2D eigenvalue weighted by Crippen LogP contribution is 2.28.